The van der Waals surface area contributed by atoms with E-state index in [1.165, 1.54) is 11.8 Å². The first-order valence-corrected chi connectivity index (χ1v) is 12.9. The molecule has 0 saturated carbocycles. The zero-order chi connectivity index (χ0) is 21.7. The molecule has 0 spiro atoms. The number of benzene rings is 1. The minimum absolute atomic E-state index is 0.00303. The standard InChI is InChI=1S/C22H29N3O3S2/c1-16(2)18-6-8-19(9-7-18)30(27,28)24-15-17-10-13-25(14-11-17)22(26)20-5-4-12-23-21(20)29-3/h4-9,12,16-17,24H,10-11,13-15H2,1-3H3. The van der Waals surface area contributed by atoms with E-state index in [4.69, 9.17) is 0 Å². The number of aromatic nitrogens is 1. The van der Waals surface area contributed by atoms with E-state index in [0.717, 1.165) is 23.4 Å². The van der Waals surface area contributed by atoms with Gasteiger partial charge in [-0.05, 0) is 60.8 Å². The van der Waals surface area contributed by atoms with Gasteiger partial charge >= 0.3 is 0 Å². The molecular weight excluding hydrogens is 418 g/mol. The van der Waals surface area contributed by atoms with Crippen LogP contribution in [-0.2, 0) is 10.0 Å². The zero-order valence-electron chi connectivity index (χ0n) is 17.7. The number of thioether (sulfide) groups is 1. The van der Waals surface area contributed by atoms with Gasteiger partial charge in [0.15, 0.2) is 0 Å². The molecule has 30 heavy (non-hydrogen) atoms. The number of nitrogens with one attached hydrogen (secondary N) is 1. The normalized spacial score (nSPS) is 15.5. The molecule has 1 saturated heterocycles. The zero-order valence-corrected chi connectivity index (χ0v) is 19.3. The van der Waals surface area contributed by atoms with E-state index in [0.29, 0.717) is 36.0 Å². The largest absolute Gasteiger partial charge is 0.339 e. The fourth-order valence-corrected chi connectivity index (χ4v) is 5.23. The van der Waals surface area contributed by atoms with Gasteiger partial charge in [-0.1, -0.05) is 26.0 Å². The molecule has 1 fully saturated rings. The minimum Gasteiger partial charge on any atom is -0.339 e. The third-order valence-electron chi connectivity index (χ3n) is 5.52. The summed E-state index contributed by atoms with van der Waals surface area (Å²) in [6.45, 7) is 5.79. The number of sulfonamides is 1. The van der Waals surface area contributed by atoms with E-state index in [-0.39, 0.29) is 11.8 Å². The summed E-state index contributed by atoms with van der Waals surface area (Å²) in [4.78, 5) is 19.2. The Balaban J connectivity index is 1.54. The summed E-state index contributed by atoms with van der Waals surface area (Å²) in [7, 11) is -3.53. The Morgan fingerprint density at radius 1 is 1.20 bits per heavy atom. The lowest BCUT2D eigenvalue weighted by Crippen LogP contribution is -2.41. The highest BCUT2D eigenvalue weighted by Crippen LogP contribution is 2.23. The summed E-state index contributed by atoms with van der Waals surface area (Å²) in [5, 5.41) is 0.737. The van der Waals surface area contributed by atoms with Gasteiger partial charge < -0.3 is 4.90 Å². The molecule has 1 aliphatic rings. The Bertz CT molecular complexity index is 967. The summed E-state index contributed by atoms with van der Waals surface area (Å²) in [6.07, 6.45) is 5.15. The van der Waals surface area contributed by atoms with Crippen molar-refractivity contribution in [3.05, 3.63) is 53.7 Å². The maximum Gasteiger partial charge on any atom is 0.256 e. The molecule has 0 radical (unpaired) electrons. The molecule has 3 rings (SSSR count). The van der Waals surface area contributed by atoms with Gasteiger partial charge in [0, 0.05) is 25.8 Å². The van der Waals surface area contributed by atoms with E-state index in [2.05, 4.69) is 23.6 Å². The monoisotopic (exact) mass is 447 g/mol. The first kappa shape index (κ1) is 22.8. The third-order valence-corrected chi connectivity index (χ3v) is 7.67. The number of hydrogen-bond donors (Lipinski definition) is 1. The lowest BCUT2D eigenvalue weighted by Gasteiger charge is -2.32. The highest BCUT2D eigenvalue weighted by Gasteiger charge is 2.26. The maximum atomic E-state index is 12.8. The van der Waals surface area contributed by atoms with Crippen molar-refractivity contribution in [2.24, 2.45) is 5.92 Å². The Labute approximate surface area is 183 Å². The Hall–Kier alpha value is -1.90. The van der Waals surface area contributed by atoms with Crippen molar-refractivity contribution >= 4 is 27.7 Å². The van der Waals surface area contributed by atoms with E-state index in [9.17, 15) is 13.2 Å². The molecule has 1 amide bonds. The summed E-state index contributed by atoms with van der Waals surface area (Å²) in [5.74, 6) is 0.575. The molecule has 1 aromatic heterocycles. The lowest BCUT2D eigenvalue weighted by atomic mass is 9.97. The number of nitrogens with zero attached hydrogens (tertiary/aromatic N) is 2. The molecule has 1 aliphatic heterocycles. The maximum absolute atomic E-state index is 12.8. The van der Waals surface area contributed by atoms with E-state index < -0.39 is 10.0 Å². The van der Waals surface area contributed by atoms with Gasteiger partial charge in [0.05, 0.1) is 10.5 Å². The summed E-state index contributed by atoms with van der Waals surface area (Å²) < 4.78 is 27.9. The van der Waals surface area contributed by atoms with E-state index in [1.807, 2.05) is 29.4 Å². The van der Waals surface area contributed by atoms with Crippen LogP contribution in [0.4, 0.5) is 0 Å². The van der Waals surface area contributed by atoms with Crippen LogP contribution in [0.25, 0.3) is 0 Å². The third kappa shape index (κ3) is 5.42. The molecule has 0 bridgehead atoms. The van der Waals surface area contributed by atoms with Crippen molar-refractivity contribution in [2.45, 2.75) is 42.5 Å². The second-order valence-electron chi connectivity index (χ2n) is 7.87. The predicted molar refractivity (Wildman–Crippen MR) is 120 cm³/mol. The van der Waals surface area contributed by atoms with E-state index >= 15 is 0 Å². The smallest absolute Gasteiger partial charge is 0.256 e. The van der Waals surface area contributed by atoms with E-state index in [1.54, 1.807) is 24.4 Å². The van der Waals surface area contributed by atoms with Gasteiger partial charge in [0.25, 0.3) is 5.91 Å². The Morgan fingerprint density at radius 3 is 2.47 bits per heavy atom. The summed E-state index contributed by atoms with van der Waals surface area (Å²) >= 11 is 1.46. The molecule has 162 valence electrons. The van der Waals surface area contributed by atoms with Crippen LogP contribution in [0, 0.1) is 5.92 Å². The van der Waals surface area contributed by atoms with Crippen LogP contribution in [0.2, 0.25) is 0 Å². The number of carbonyl (C=O) groups is 1. The van der Waals surface area contributed by atoms with Crippen LogP contribution < -0.4 is 4.72 Å². The molecule has 6 nitrogen and oxygen atoms in total. The molecule has 1 aromatic carbocycles. The van der Waals surface area contributed by atoms with Gasteiger partial charge in [-0.25, -0.2) is 18.1 Å². The molecule has 2 aromatic rings. The first-order valence-electron chi connectivity index (χ1n) is 10.2. The number of carbonyl (C=O) groups excluding carboxylic acids is 1. The molecule has 8 heteroatoms. The average molecular weight is 448 g/mol. The van der Waals surface area contributed by atoms with Crippen LogP contribution in [0.5, 0.6) is 0 Å². The second kappa shape index (κ2) is 9.94. The number of amides is 1. The van der Waals surface area contributed by atoms with Crippen molar-refractivity contribution in [3.63, 3.8) is 0 Å². The molecular formula is C22H29N3O3S2. The van der Waals surface area contributed by atoms with Crippen LogP contribution in [0.1, 0.15) is 48.5 Å². The summed E-state index contributed by atoms with van der Waals surface area (Å²) in [6, 6.07) is 10.6. The number of rotatable bonds is 7. The number of likely N-dealkylation sites (tertiary alicyclic amines) is 1. The molecule has 0 aliphatic carbocycles. The van der Waals surface area contributed by atoms with Crippen LogP contribution in [0.15, 0.2) is 52.5 Å². The SMILES string of the molecule is CSc1ncccc1C(=O)N1CCC(CNS(=O)(=O)c2ccc(C(C)C)cc2)CC1. The van der Waals surface area contributed by atoms with Gasteiger partial charge in [-0.2, -0.15) is 0 Å². The highest BCUT2D eigenvalue weighted by molar-refractivity contribution is 7.98. The van der Waals surface area contributed by atoms with Crippen LogP contribution >= 0.6 is 11.8 Å². The Kier molecular flexibility index (Phi) is 7.55. The quantitative estimate of drug-likeness (QED) is 0.654. The summed E-state index contributed by atoms with van der Waals surface area (Å²) in [5.41, 5.74) is 1.75. The first-order chi connectivity index (χ1) is 14.3. The molecule has 0 unspecified atom stereocenters. The number of hydrogen-bond acceptors (Lipinski definition) is 5. The molecule has 2 heterocycles. The van der Waals surface area contributed by atoms with Crippen molar-refractivity contribution in [2.75, 3.05) is 25.9 Å². The fraction of sp³-hybridized carbons (Fsp3) is 0.455. The lowest BCUT2D eigenvalue weighted by molar-refractivity contribution is 0.0687. The van der Waals surface area contributed by atoms with Crippen molar-refractivity contribution < 1.29 is 13.2 Å². The Morgan fingerprint density at radius 2 is 1.87 bits per heavy atom. The predicted octanol–water partition coefficient (Wildman–Crippen LogP) is 3.76. The van der Waals surface area contributed by atoms with Crippen molar-refractivity contribution in [1.82, 2.24) is 14.6 Å². The molecule has 0 atom stereocenters. The average Bonchev–Trinajstić information content (AvgIpc) is 2.77. The number of piperidine rings is 1. The topological polar surface area (TPSA) is 79.4 Å². The van der Waals surface area contributed by atoms with Gasteiger partial charge in [-0.3, -0.25) is 4.79 Å². The molecule has 1 N–H and O–H groups in total. The fourth-order valence-electron chi connectivity index (χ4n) is 3.57. The number of pyridine rings is 1. The van der Waals surface area contributed by atoms with Gasteiger partial charge in [0.1, 0.15) is 5.03 Å². The van der Waals surface area contributed by atoms with Crippen molar-refractivity contribution in [3.8, 4) is 0 Å². The van der Waals surface area contributed by atoms with Crippen molar-refractivity contribution in [1.29, 1.82) is 0 Å². The van der Waals surface area contributed by atoms with Gasteiger partial charge in [-0.15, -0.1) is 11.8 Å². The van der Waals surface area contributed by atoms with Gasteiger partial charge in [0.2, 0.25) is 10.0 Å². The highest BCUT2D eigenvalue weighted by atomic mass is 32.2. The minimum atomic E-state index is -3.53. The van der Waals surface area contributed by atoms with Crippen LogP contribution in [-0.4, -0.2) is 50.1 Å². The van der Waals surface area contributed by atoms with Crippen LogP contribution in [0.3, 0.4) is 0 Å². The second-order valence-corrected chi connectivity index (χ2v) is 10.4.